The highest BCUT2D eigenvalue weighted by Crippen LogP contribution is 2.34. The van der Waals surface area contributed by atoms with Crippen LogP contribution >= 0.6 is 11.6 Å². The molecule has 1 aromatic carbocycles. The average Bonchev–Trinajstić information content (AvgIpc) is 2.06. The molecule has 0 saturated heterocycles. The van der Waals surface area contributed by atoms with E-state index in [1.807, 2.05) is 33.8 Å². The Morgan fingerprint density at radius 2 is 1.87 bits per heavy atom. The number of halogens is 1. The smallest absolute Gasteiger partial charge is 0.256 e. The summed E-state index contributed by atoms with van der Waals surface area (Å²) in [5.41, 5.74) is 1.63. The molecule has 2 nitrogen and oxygen atoms in total. The third kappa shape index (κ3) is 2.51. The van der Waals surface area contributed by atoms with E-state index in [9.17, 15) is 9.90 Å². The number of aryl methyl sites for hydroxylation is 1. The monoisotopic (exact) mass is 226 g/mol. The third-order valence-electron chi connectivity index (χ3n) is 2.27. The van der Waals surface area contributed by atoms with Gasteiger partial charge in [0, 0.05) is 5.56 Å². The highest BCUT2D eigenvalue weighted by Gasteiger charge is 2.22. The zero-order chi connectivity index (χ0) is 11.8. The van der Waals surface area contributed by atoms with Gasteiger partial charge in [-0.3, -0.25) is 4.79 Å². The first-order chi connectivity index (χ1) is 6.73. The Morgan fingerprint density at radius 1 is 1.33 bits per heavy atom. The van der Waals surface area contributed by atoms with Crippen molar-refractivity contribution in [2.75, 3.05) is 0 Å². The second kappa shape index (κ2) is 3.86. The summed E-state index contributed by atoms with van der Waals surface area (Å²) >= 11 is 5.40. The summed E-state index contributed by atoms with van der Waals surface area (Å²) in [7, 11) is 0. The number of carbonyl (C=O) groups is 1. The van der Waals surface area contributed by atoms with Gasteiger partial charge < -0.3 is 5.11 Å². The lowest BCUT2D eigenvalue weighted by molar-refractivity contribution is 0.107. The zero-order valence-corrected chi connectivity index (χ0v) is 10.1. The molecule has 0 spiro atoms. The number of aromatic hydroxyl groups is 1. The number of hydrogen-bond acceptors (Lipinski definition) is 2. The van der Waals surface area contributed by atoms with Crippen LogP contribution in [0.2, 0.25) is 0 Å². The van der Waals surface area contributed by atoms with Crippen LogP contribution in [0.3, 0.4) is 0 Å². The first-order valence-electron chi connectivity index (χ1n) is 4.77. The van der Waals surface area contributed by atoms with Crippen molar-refractivity contribution < 1.29 is 9.90 Å². The highest BCUT2D eigenvalue weighted by molar-refractivity contribution is 6.68. The third-order valence-corrected chi connectivity index (χ3v) is 2.48. The molecule has 0 aliphatic carbocycles. The van der Waals surface area contributed by atoms with Crippen LogP contribution in [0.5, 0.6) is 5.75 Å². The molecule has 0 heterocycles. The number of hydrogen-bond donors (Lipinski definition) is 1. The maximum Gasteiger partial charge on any atom is 0.256 e. The van der Waals surface area contributed by atoms with E-state index in [1.165, 1.54) is 0 Å². The number of phenols is 1. The van der Waals surface area contributed by atoms with Crippen LogP contribution in [0.1, 0.15) is 42.3 Å². The molecule has 0 unspecified atom stereocenters. The van der Waals surface area contributed by atoms with E-state index >= 15 is 0 Å². The Kier molecular flexibility index (Phi) is 3.10. The molecular weight excluding hydrogens is 212 g/mol. The van der Waals surface area contributed by atoms with E-state index in [-0.39, 0.29) is 16.7 Å². The van der Waals surface area contributed by atoms with Crippen LogP contribution in [-0.2, 0) is 5.41 Å². The van der Waals surface area contributed by atoms with E-state index in [1.54, 1.807) is 6.07 Å². The number of carbonyl (C=O) groups excluding carboxylic acids is 1. The quantitative estimate of drug-likeness (QED) is 0.746. The minimum atomic E-state index is -0.623. The van der Waals surface area contributed by atoms with Gasteiger partial charge in [0.25, 0.3) is 5.24 Å². The minimum absolute atomic E-state index is 0.00639. The Labute approximate surface area is 94.9 Å². The molecule has 0 fully saturated rings. The van der Waals surface area contributed by atoms with Gasteiger partial charge in [-0.15, -0.1) is 0 Å². The van der Waals surface area contributed by atoms with Crippen LogP contribution in [0.25, 0.3) is 0 Å². The lowest BCUT2D eigenvalue weighted by Gasteiger charge is -2.22. The van der Waals surface area contributed by atoms with Gasteiger partial charge in [-0.1, -0.05) is 26.8 Å². The molecule has 1 aromatic rings. The number of benzene rings is 1. The lowest BCUT2D eigenvalue weighted by atomic mass is 9.84. The van der Waals surface area contributed by atoms with Crippen molar-refractivity contribution in [3.05, 3.63) is 28.8 Å². The Balaban J connectivity index is 3.49. The van der Waals surface area contributed by atoms with Gasteiger partial charge in [0.15, 0.2) is 0 Å². The van der Waals surface area contributed by atoms with Gasteiger partial charge in [0.1, 0.15) is 5.75 Å². The van der Waals surface area contributed by atoms with Crippen molar-refractivity contribution in [1.29, 1.82) is 0 Å². The summed E-state index contributed by atoms with van der Waals surface area (Å²) in [4.78, 5) is 11.1. The van der Waals surface area contributed by atoms with Gasteiger partial charge in [-0.2, -0.15) is 0 Å². The molecule has 0 aromatic heterocycles. The van der Waals surface area contributed by atoms with Crippen LogP contribution in [0.15, 0.2) is 12.1 Å². The molecular formula is C12H15ClO2. The van der Waals surface area contributed by atoms with Gasteiger partial charge in [0.2, 0.25) is 0 Å². The van der Waals surface area contributed by atoms with E-state index < -0.39 is 5.24 Å². The maximum atomic E-state index is 11.1. The van der Waals surface area contributed by atoms with E-state index in [4.69, 9.17) is 11.6 Å². The van der Waals surface area contributed by atoms with Crippen molar-refractivity contribution in [2.45, 2.75) is 33.1 Å². The summed E-state index contributed by atoms with van der Waals surface area (Å²) < 4.78 is 0. The summed E-state index contributed by atoms with van der Waals surface area (Å²) in [6.07, 6.45) is 0. The Morgan fingerprint density at radius 3 is 2.27 bits per heavy atom. The lowest BCUT2D eigenvalue weighted by Crippen LogP contribution is -2.13. The summed E-state index contributed by atoms with van der Waals surface area (Å²) in [6, 6.07) is 3.47. The van der Waals surface area contributed by atoms with Crippen LogP contribution in [0.4, 0.5) is 0 Å². The van der Waals surface area contributed by atoms with Crippen molar-refractivity contribution in [2.24, 2.45) is 0 Å². The highest BCUT2D eigenvalue weighted by atomic mass is 35.5. The normalized spacial score (nSPS) is 11.5. The van der Waals surface area contributed by atoms with E-state index in [0.717, 1.165) is 11.1 Å². The zero-order valence-electron chi connectivity index (χ0n) is 9.39. The fraction of sp³-hybridized carbons (Fsp3) is 0.417. The molecule has 0 bridgehead atoms. The second-order valence-electron chi connectivity index (χ2n) is 4.73. The number of phenolic OH excluding ortho intramolecular Hbond substituents is 1. The predicted octanol–water partition coefficient (Wildman–Crippen LogP) is 3.38. The van der Waals surface area contributed by atoms with Crippen molar-refractivity contribution in [3.63, 3.8) is 0 Å². The van der Waals surface area contributed by atoms with Crippen molar-refractivity contribution in [1.82, 2.24) is 0 Å². The van der Waals surface area contributed by atoms with E-state index in [2.05, 4.69) is 0 Å². The fourth-order valence-corrected chi connectivity index (χ4v) is 1.64. The Bertz CT molecular complexity index is 403. The fourth-order valence-electron chi connectivity index (χ4n) is 1.50. The van der Waals surface area contributed by atoms with Crippen molar-refractivity contribution >= 4 is 16.8 Å². The molecule has 1 N–H and O–H groups in total. The molecule has 0 amide bonds. The van der Waals surface area contributed by atoms with Gasteiger partial charge in [0.05, 0.1) is 5.56 Å². The van der Waals surface area contributed by atoms with Crippen LogP contribution in [-0.4, -0.2) is 10.3 Å². The molecule has 82 valence electrons. The van der Waals surface area contributed by atoms with Crippen LogP contribution in [0, 0.1) is 6.92 Å². The molecule has 1 rings (SSSR count). The first-order valence-corrected chi connectivity index (χ1v) is 5.15. The first kappa shape index (κ1) is 12.1. The molecule has 0 radical (unpaired) electrons. The van der Waals surface area contributed by atoms with E-state index in [0.29, 0.717) is 0 Å². The van der Waals surface area contributed by atoms with Gasteiger partial charge in [-0.25, -0.2) is 0 Å². The minimum Gasteiger partial charge on any atom is -0.507 e. The summed E-state index contributed by atoms with van der Waals surface area (Å²) in [5, 5.41) is 9.29. The molecule has 0 aliphatic rings. The molecule has 3 heteroatoms. The van der Waals surface area contributed by atoms with Gasteiger partial charge >= 0.3 is 0 Å². The summed E-state index contributed by atoms with van der Waals surface area (Å²) in [6.45, 7) is 7.80. The van der Waals surface area contributed by atoms with Crippen molar-refractivity contribution in [3.8, 4) is 5.75 Å². The standard InChI is InChI=1S/C12H15ClO2/c1-7-5-8(11(13)15)10(14)9(6-7)12(2,3)4/h5-6,14H,1-4H3. The maximum absolute atomic E-state index is 11.1. The molecule has 0 aliphatic heterocycles. The largest absolute Gasteiger partial charge is 0.507 e. The molecule has 0 atom stereocenters. The average molecular weight is 227 g/mol. The second-order valence-corrected chi connectivity index (χ2v) is 5.08. The number of rotatable bonds is 1. The predicted molar refractivity (Wildman–Crippen MR) is 61.7 cm³/mol. The molecule has 15 heavy (non-hydrogen) atoms. The summed E-state index contributed by atoms with van der Waals surface area (Å²) in [5.74, 6) is -0.00639. The molecule has 0 saturated carbocycles. The Hall–Kier alpha value is -1.02. The van der Waals surface area contributed by atoms with Crippen LogP contribution < -0.4 is 0 Å². The van der Waals surface area contributed by atoms with Gasteiger partial charge in [-0.05, 0) is 35.6 Å². The SMILES string of the molecule is Cc1cc(C(=O)Cl)c(O)c(C(C)(C)C)c1. The topological polar surface area (TPSA) is 37.3 Å².